The number of hydrogen-bond acceptors (Lipinski definition) is 3. The molecule has 0 aliphatic carbocycles. The molecular formula is C19H20N4O2S. The molecule has 134 valence electrons. The molecular weight excluding hydrogens is 348 g/mol. The average Bonchev–Trinajstić information content (AvgIpc) is 3.18. The predicted octanol–water partition coefficient (Wildman–Crippen LogP) is 3.96. The summed E-state index contributed by atoms with van der Waals surface area (Å²) in [5.41, 5.74) is 8.82. The van der Waals surface area contributed by atoms with E-state index >= 15 is 0 Å². The molecule has 0 aliphatic rings. The number of amides is 3. The van der Waals surface area contributed by atoms with Gasteiger partial charge in [0.2, 0.25) is 0 Å². The first-order chi connectivity index (χ1) is 12.4. The number of thiophene rings is 1. The topological polar surface area (TPSA) is 89.2 Å². The fourth-order valence-electron chi connectivity index (χ4n) is 2.85. The maximum absolute atomic E-state index is 12.7. The molecule has 0 radical (unpaired) electrons. The van der Waals surface area contributed by atoms with E-state index < -0.39 is 6.03 Å². The number of aromatic nitrogens is 1. The van der Waals surface area contributed by atoms with Crippen molar-refractivity contribution in [3.63, 3.8) is 0 Å². The standard InChI is InChI=1S/C19H20N4O2S/c1-12-9-17(13(2)23(12)11-16-7-4-8-26-16)18(24)21-14-5-3-6-15(10-14)22-19(20)25/h3-10H,11H2,1-2H3,(H,21,24)(H3,20,22,25). The number of hydrogen-bond donors (Lipinski definition) is 3. The summed E-state index contributed by atoms with van der Waals surface area (Å²) in [6, 6.07) is 12.2. The van der Waals surface area contributed by atoms with E-state index in [0.717, 1.165) is 17.9 Å². The Morgan fingerprint density at radius 1 is 1.08 bits per heavy atom. The molecule has 1 aromatic carbocycles. The van der Waals surface area contributed by atoms with Gasteiger partial charge in [-0.1, -0.05) is 12.1 Å². The third kappa shape index (κ3) is 3.94. The van der Waals surface area contributed by atoms with Crippen LogP contribution in [-0.4, -0.2) is 16.5 Å². The van der Waals surface area contributed by atoms with Gasteiger partial charge in [0.15, 0.2) is 0 Å². The maximum atomic E-state index is 12.7. The number of nitrogens with one attached hydrogen (secondary N) is 2. The van der Waals surface area contributed by atoms with Crippen LogP contribution in [0.1, 0.15) is 26.6 Å². The molecule has 0 atom stereocenters. The number of aryl methyl sites for hydroxylation is 1. The highest BCUT2D eigenvalue weighted by molar-refractivity contribution is 7.09. The first-order valence-corrected chi connectivity index (χ1v) is 8.99. The van der Waals surface area contributed by atoms with Crippen LogP contribution in [0.4, 0.5) is 16.2 Å². The Labute approximate surface area is 155 Å². The van der Waals surface area contributed by atoms with E-state index in [-0.39, 0.29) is 5.91 Å². The van der Waals surface area contributed by atoms with Gasteiger partial charge >= 0.3 is 6.03 Å². The number of nitrogens with two attached hydrogens (primary N) is 1. The summed E-state index contributed by atoms with van der Waals surface area (Å²) in [6.45, 7) is 4.69. The predicted molar refractivity (Wildman–Crippen MR) is 105 cm³/mol. The number of carbonyl (C=O) groups is 2. The number of primary amides is 1. The Kier molecular flexibility index (Phi) is 5.09. The van der Waals surface area contributed by atoms with Crippen molar-refractivity contribution < 1.29 is 9.59 Å². The number of carbonyl (C=O) groups excluding carboxylic acids is 2. The lowest BCUT2D eigenvalue weighted by Gasteiger charge is -2.10. The van der Waals surface area contributed by atoms with E-state index in [9.17, 15) is 9.59 Å². The highest BCUT2D eigenvalue weighted by atomic mass is 32.1. The molecule has 6 nitrogen and oxygen atoms in total. The molecule has 0 saturated carbocycles. The summed E-state index contributed by atoms with van der Waals surface area (Å²) in [6.07, 6.45) is 0. The second-order valence-electron chi connectivity index (χ2n) is 5.97. The molecule has 3 amide bonds. The third-order valence-corrected chi connectivity index (χ3v) is 4.96. The van der Waals surface area contributed by atoms with Crippen LogP contribution >= 0.6 is 11.3 Å². The van der Waals surface area contributed by atoms with Crippen molar-refractivity contribution >= 4 is 34.6 Å². The summed E-state index contributed by atoms with van der Waals surface area (Å²) in [5, 5.41) is 7.41. The third-order valence-electron chi connectivity index (χ3n) is 4.10. The van der Waals surface area contributed by atoms with Gasteiger partial charge in [0.1, 0.15) is 0 Å². The molecule has 0 aliphatic heterocycles. The molecule has 2 heterocycles. The zero-order valence-electron chi connectivity index (χ0n) is 14.6. The second kappa shape index (κ2) is 7.45. The van der Waals surface area contributed by atoms with Gasteiger partial charge in [-0.05, 0) is 49.6 Å². The summed E-state index contributed by atoms with van der Waals surface area (Å²) >= 11 is 1.70. The van der Waals surface area contributed by atoms with Crippen molar-refractivity contribution in [3.8, 4) is 0 Å². The van der Waals surface area contributed by atoms with Gasteiger partial charge < -0.3 is 20.9 Å². The first-order valence-electron chi connectivity index (χ1n) is 8.11. The molecule has 0 spiro atoms. The van der Waals surface area contributed by atoms with Gasteiger partial charge in [0, 0.05) is 27.6 Å². The van der Waals surface area contributed by atoms with Crippen molar-refractivity contribution in [3.05, 3.63) is 69.7 Å². The molecule has 0 unspecified atom stereocenters. The zero-order valence-corrected chi connectivity index (χ0v) is 15.4. The number of nitrogens with zero attached hydrogens (tertiary/aromatic N) is 1. The summed E-state index contributed by atoms with van der Waals surface area (Å²) < 4.78 is 2.13. The molecule has 0 saturated heterocycles. The molecule has 0 bridgehead atoms. The Hall–Kier alpha value is -3.06. The van der Waals surface area contributed by atoms with Crippen molar-refractivity contribution in [2.45, 2.75) is 20.4 Å². The van der Waals surface area contributed by atoms with Gasteiger partial charge in [-0.25, -0.2) is 4.79 Å². The van der Waals surface area contributed by atoms with Gasteiger partial charge in [-0.3, -0.25) is 4.79 Å². The SMILES string of the molecule is Cc1cc(C(=O)Nc2cccc(NC(N)=O)c2)c(C)n1Cc1cccs1. The van der Waals surface area contributed by atoms with Gasteiger partial charge in [0.05, 0.1) is 12.1 Å². The Morgan fingerprint density at radius 2 is 1.81 bits per heavy atom. The molecule has 3 rings (SSSR count). The van der Waals surface area contributed by atoms with Crippen LogP contribution in [0.5, 0.6) is 0 Å². The largest absolute Gasteiger partial charge is 0.351 e. The Morgan fingerprint density at radius 3 is 2.46 bits per heavy atom. The minimum absolute atomic E-state index is 0.188. The highest BCUT2D eigenvalue weighted by Gasteiger charge is 2.16. The number of rotatable bonds is 5. The quantitative estimate of drug-likeness (QED) is 0.636. The zero-order chi connectivity index (χ0) is 18.7. The fraction of sp³-hybridized carbons (Fsp3) is 0.158. The number of urea groups is 1. The van der Waals surface area contributed by atoms with Crippen molar-refractivity contribution in [1.82, 2.24) is 4.57 Å². The van der Waals surface area contributed by atoms with Gasteiger partial charge in [-0.2, -0.15) is 0 Å². The van der Waals surface area contributed by atoms with Crippen LogP contribution in [0.25, 0.3) is 0 Å². The van der Waals surface area contributed by atoms with Crippen LogP contribution in [0.3, 0.4) is 0 Å². The maximum Gasteiger partial charge on any atom is 0.316 e. The van der Waals surface area contributed by atoms with Crippen molar-refractivity contribution in [2.24, 2.45) is 5.73 Å². The van der Waals surface area contributed by atoms with Crippen LogP contribution in [0, 0.1) is 13.8 Å². The van der Waals surface area contributed by atoms with Crippen LogP contribution < -0.4 is 16.4 Å². The van der Waals surface area contributed by atoms with Gasteiger partial charge in [-0.15, -0.1) is 11.3 Å². The van der Waals surface area contributed by atoms with Crippen LogP contribution in [0.2, 0.25) is 0 Å². The van der Waals surface area contributed by atoms with E-state index in [1.807, 2.05) is 31.4 Å². The van der Waals surface area contributed by atoms with Crippen molar-refractivity contribution in [2.75, 3.05) is 10.6 Å². The molecule has 3 aromatic rings. The fourth-order valence-corrected chi connectivity index (χ4v) is 3.54. The molecule has 7 heteroatoms. The molecule has 2 aromatic heterocycles. The second-order valence-corrected chi connectivity index (χ2v) is 7.01. The lowest BCUT2D eigenvalue weighted by atomic mass is 10.2. The average molecular weight is 368 g/mol. The van der Waals surface area contributed by atoms with E-state index in [1.165, 1.54) is 4.88 Å². The Bertz CT molecular complexity index is 945. The van der Waals surface area contributed by atoms with E-state index in [2.05, 4.69) is 21.3 Å². The highest BCUT2D eigenvalue weighted by Crippen LogP contribution is 2.21. The molecule has 26 heavy (non-hydrogen) atoms. The smallest absolute Gasteiger partial charge is 0.316 e. The number of anilines is 2. The van der Waals surface area contributed by atoms with E-state index in [0.29, 0.717) is 16.9 Å². The monoisotopic (exact) mass is 368 g/mol. The summed E-state index contributed by atoms with van der Waals surface area (Å²) in [7, 11) is 0. The van der Waals surface area contributed by atoms with E-state index in [1.54, 1.807) is 35.6 Å². The molecule has 0 fully saturated rings. The summed E-state index contributed by atoms with van der Waals surface area (Å²) in [5.74, 6) is -0.188. The lowest BCUT2D eigenvalue weighted by Crippen LogP contribution is -2.19. The van der Waals surface area contributed by atoms with Crippen LogP contribution in [-0.2, 0) is 6.54 Å². The minimum Gasteiger partial charge on any atom is -0.351 e. The molecule has 4 N–H and O–H groups in total. The van der Waals surface area contributed by atoms with Crippen LogP contribution in [0.15, 0.2) is 47.8 Å². The lowest BCUT2D eigenvalue weighted by molar-refractivity contribution is 0.102. The first kappa shape index (κ1) is 17.8. The van der Waals surface area contributed by atoms with Gasteiger partial charge in [0.25, 0.3) is 5.91 Å². The number of benzene rings is 1. The normalized spacial score (nSPS) is 10.5. The Balaban J connectivity index is 1.79. The van der Waals surface area contributed by atoms with E-state index in [4.69, 9.17) is 5.73 Å². The van der Waals surface area contributed by atoms with Crippen molar-refractivity contribution in [1.29, 1.82) is 0 Å². The summed E-state index contributed by atoms with van der Waals surface area (Å²) in [4.78, 5) is 24.9. The minimum atomic E-state index is -0.648.